The zero-order chi connectivity index (χ0) is 15.4. The van der Waals surface area contributed by atoms with E-state index < -0.39 is 4.92 Å². The predicted molar refractivity (Wildman–Crippen MR) is 79.6 cm³/mol. The number of nitrogens with one attached hydrogen (secondary N) is 1. The van der Waals surface area contributed by atoms with Crippen molar-refractivity contribution in [2.45, 2.75) is 19.9 Å². The molecule has 2 aromatic rings. The Kier molecular flexibility index (Phi) is 4.49. The number of nitro groups is 1. The molecule has 1 atom stereocenters. The van der Waals surface area contributed by atoms with Crippen LogP contribution in [0.25, 0.3) is 0 Å². The summed E-state index contributed by atoms with van der Waals surface area (Å²) < 4.78 is 5.60. The first kappa shape index (κ1) is 14.9. The molecule has 0 bridgehead atoms. The van der Waals surface area contributed by atoms with E-state index in [4.69, 9.17) is 4.74 Å². The molecule has 2 rings (SSSR count). The van der Waals surface area contributed by atoms with Gasteiger partial charge in [-0.3, -0.25) is 15.1 Å². The number of pyridine rings is 1. The minimum Gasteiger partial charge on any atom is -0.448 e. The molecule has 0 saturated carbocycles. The monoisotopic (exact) mass is 287 g/mol. The van der Waals surface area contributed by atoms with Crippen molar-refractivity contribution in [3.8, 4) is 11.5 Å². The molecule has 0 fully saturated rings. The van der Waals surface area contributed by atoms with Crippen LogP contribution in [0.2, 0.25) is 0 Å². The molecule has 1 unspecified atom stereocenters. The molecule has 0 radical (unpaired) electrons. The second kappa shape index (κ2) is 6.32. The largest absolute Gasteiger partial charge is 0.448 e. The highest BCUT2D eigenvalue weighted by atomic mass is 16.6. The van der Waals surface area contributed by atoms with Crippen molar-refractivity contribution in [3.05, 3.63) is 57.9 Å². The fourth-order valence-corrected chi connectivity index (χ4v) is 1.84. The lowest BCUT2D eigenvalue weighted by atomic mass is 10.2. The van der Waals surface area contributed by atoms with Crippen LogP contribution in [-0.4, -0.2) is 17.0 Å². The standard InChI is InChI=1S/C15H17N3O3/c1-10-4-7-14(18(19)20)15(8-10)21-12-5-6-13(17-9-12)11(2)16-3/h4-9,11,16H,1-3H3. The summed E-state index contributed by atoms with van der Waals surface area (Å²) in [6.07, 6.45) is 1.56. The molecule has 0 aliphatic rings. The van der Waals surface area contributed by atoms with Crippen molar-refractivity contribution < 1.29 is 9.66 Å². The Labute approximate surface area is 122 Å². The van der Waals surface area contributed by atoms with Gasteiger partial charge < -0.3 is 10.1 Å². The minimum absolute atomic E-state index is 0.0618. The van der Waals surface area contributed by atoms with Crippen molar-refractivity contribution in [3.63, 3.8) is 0 Å². The van der Waals surface area contributed by atoms with Crippen LogP contribution in [0.1, 0.15) is 24.2 Å². The summed E-state index contributed by atoms with van der Waals surface area (Å²) in [6.45, 7) is 3.85. The summed E-state index contributed by atoms with van der Waals surface area (Å²) in [5.41, 5.74) is 1.71. The fourth-order valence-electron chi connectivity index (χ4n) is 1.84. The SMILES string of the molecule is CNC(C)c1ccc(Oc2cc(C)ccc2[N+](=O)[O-])cn1. The maximum absolute atomic E-state index is 11.0. The highest BCUT2D eigenvalue weighted by molar-refractivity contribution is 5.50. The van der Waals surface area contributed by atoms with E-state index in [0.29, 0.717) is 5.75 Å². The Hall–Kier alpha value is -2.47. The van der Waals surface area contributed by atoms with Crippen LogP contribution < -0.4 is 10.1 Å². The number of nitro benzene ring substituents is 1. The normalized spacial score (nSPS) is 12.0. The number of hydrogen-bond acceptors (Lipinski definition) is 5. The minimum atomic E-state index is -0.459. The second-order valence-electron chi connectivity index (χ2n) is 4.76. The average Bonchev–Trinajstić information content (AvgIpc) is 2.47. The van der Waals surface area contributed by atoms with Gasteiger partial charge in [-0.15, -0.1) is 0 Å². The quantitative estimate of drug-likeness (QED) is 0.674. The van der Waals surface area contributed by atoms with Gasteiger partial charge in [-0.2, -0.15) is 0 Å². The number of nitrogens with zero attached hydrogens (tertiary/aromatic N) is 2. The van der Waals surface area contributed by atoms with Crippen molar-refractivity contribution >= 4 is 5.69 Å². The number of aryl methyl sites for hydroxylation is 1. The van der Waals surface area contributed by atoms with Crippen molar-refractivity contribution in [2.75, 3.05) is 7.05 Å². The zero-order valence-corrected chi connectivity index (χ0v) is 12.2. The first-order valence-electron chi connectivity index (χ1n) is 6.57. The topological polar surface area (TPSA) is 77.3 Å². The molecule has 1 heterocycles. The summed E-state index contributed by atoms with van der Waals surface area (Å²) in [5.74, 6) is 0.687. The molecular weight excluding hydrogens is 270 g/mol. The third-order valence-corrected chi connectivity index (χ3v) is 3.18. The number of rotatable bonds is 5. The Bertz CT molecular complexity index is 641. The van der Waals surface area contributed by atoms with Gasteiger partial charge in [0.25, 0.3) is 0 Å². The van der Waals surface area contributed by atoms with Gasteiger partial charge in [-0.05, 0) is 44.7 Å². The highest BCUT2D eigenvalue weighted by Gasteiger charge is 2.16. The van der Waals surface area contributed by atoms with Crippen LogP contribution in [0.4, 0.5) is 5.69 Å². The van der Waals surface area contributed by atoms with E-state index in [0.717, 1.165) is 11.3 Å². The highest BCUT2D eigenvalue weighted by Crippen LogP contribution is 2.32. The lowest BCUT2D eigenvalue weighted by Gasteiger charge is -2.11. The van der Waals surface area contributed by atoms with Crippen LogP contribution in [0, 0.1) is 17.0 Å². The third-order valence-electron chi connectivity index (χ3n) is 3.18. The molecule has 21 heavy (non-hydrogen) atoms. The summed E-state index contributed by atoms with van der Waals surface area (Å²) in [6, 6.07) is 8.48. The molecular formula is C15H17N3O3. The van der Waals surface area contributed by atoms with E-state index in [1.54, 1.807) is 24.4 Å². The Balaban J connectivity index is 2.26. The number of aromatic nitrogens is 1. The summed E-state index contributed by atoms with van der Waals surface area (Å²) in [7, 11) is 1.85. The van der Waals surface area contributed by atoms with Crippen LogP contribution >= 0.6 is 0 Å². The summed E-state index contributed by atoms with van der Waals surface area (Å²) in [5, 5.41) is 14.1. The molecule has 6 nitrogen and oxygen atoms in total. The molecule has 0 aliphatic carbocycles. The smallest absolute Gasteiger partial charge is 0.311 e. The Morgan fingerprint density at radius 2 is 2.10 bits per heavy atom. The molecule has 0 spiro atoms. The molecule has 1 aromatic carbocycles. The molecule has 1 aromatic heterocycles. The van der Waals surface area contributed by atoms with Gasteiger partial charge in [0.1, 0.15) is 5.75 Å². The van der Waals surface area contributed by atoms with Crippen molar-refractivity contribution in [1.82, 2.24) is 10.3 Å². The fraction of sp³-hybridized carbons (Fsp3) is 0.267. The average molecular weight is 287 g/mol. The number of hydrogen-bond donors (Lipinski definition) is 1. The third kappa shape index (κ3) is 3.55. The van der Waals surface area contributed by atoms with Crippen LogP contribution in [0.15, 0.2) is 36.5 Å². The van der Waals surface area contributed by atoms with Gasteiger partial charge in [0.05, 0.1) is 16.8 Å². The van der Waals surface area contributed by atoms with Gasteiger partial charge in [-0.25, -0.2) is 0 Å². The van der Waals surface area contributed by atoms with Gasteiger partial charge in [0.2, 0.25) is 5.75 Å². The van der Waals surface area contributed by atoms with E-state index in [9.17, 15) is 10.1 Å². The van der Waals surface area contributed by atoms with E-state index in [-0.39, 0.29) is 17.5 Å². The first-order chi connectivity index (χ1) is 10.0. The lowest BCUT2D eigenvalue weighted by Crippen LogP contribution is -2.13. The molecule has 0 amide bonds. The molecule has 6 heteroatoms. The zero-order valence-electron chi connectivity index (χ0n) is 12.2. The number of ether oxygens (including phenoxy) is 1. The number of benzene rings is 1. The van der Waals surface area contributed by atoms with Gasteiger partial charge in [-0.1, -0.05) is 6.07 Å². The lowest BCUT2D eigenvalue weighted by molar-refractivity contribution is -0.385. The van der Waals surface area contributed by atoms with Crippen molar-refractivity contribution in [2.24, 2.45) is 0 Å². The summed E-state index contributed by atoms with van der Waals surface area (Å²) >= 11 is 0. The molecule has 0 saturated heterocycles. The van der Waals surface area contributed by atoms with Gasteiger partial charge in [0.15, 0.2) is 0 Å². The maximum Gasteiger partial charge on any atom is 0.311 e. The Morgan fingerprint density at radius 1 is 1.33 bits per heavy atom. The van der Waals surface area contributed by atoms with Gasteiger partial charge in [0, 0.05) is 12.1 Å². The van der Waals surface area contributed by atoms with E-state index in [1.807, 2.05) is 27.0 Å². The van der Waals surface area contributed by atoms with E-state index in [2.05, 4.69) is 10.3 Å². The van der Waals surface area contributed by atoms with Crippen LogP contribution in [-0.2, 0) is 0 Å². The maximum atomic E-state index is 11.0. The van der Waals surface area contributed by atoms with Gasteiger partial charge >= 0.3 is 5.69 Å². The van der Waals surface area contributed by atoms with Crippen LogP contribution in [0.3, 0.4) is 0 Å². The van der Waals surface area contributed by atoms with E-state index >= 15 is 0 Å². The van der Waals surface area contributed by atoms with Crippen LogP contribution in [0.5, 0.6) is 11.5 Å². The summed E-state index contributed by atoms with van der Waals surface area (Å²) in [4.78, 5) is 14.8. The molecule has 1 N–H and O–H groups in total. The first-order valence-corrected chi connectivity index (χ1v) is 6.57. The van der Waals surface area contributed by atoms with Crippen molar-refractivity contribution in [1.29, 1.82) is 0 Å². The molecule has 110 valence electrons. The van der Waals surface area contributed by atoms with E-state index in [1.165, 1.54) is 6.07 Å². The Morgan fingerprint density at radius 3 is 2.67 bits per heavy atom. The second-order valence-corrected chi connectivity index (χ2v) is 4.76. The predicted octanol–water partition coefficient (Wildman–Crippen LogP) is 3.37. The molecule has 0 aliphatic heterocycles.